The molecule has 76 valence electrons. The summed E-state index contributed by atoms with van der Waals surface area (Å²) in [7, 11) is 0. The minimum Gasteiger partial charge on any atom is -0.508 e. The van der Waals surface area contributed by atoms with Crippen molar-refractivity contribution in [2.45, 2.75) is 25.2 Å². The summed E-state index contributed by atoms with van der Waals surface area (Å²) in [5.74, 6) is 0.702. The number of aliphatic hydroxyl groups excluding tert-OH is 1. The van der Waals surface area contributed by atoms with E-state index in [1.807, 2.05) is 18.2 Å². The molecular weight excluding hydrogens is 176 g/mol. The number of phenolic OH excluding ortho intramolecular Hbond substituents is 1. The fourth-order valence-corrected chi connectivity index (χ4v) is 2.43. The van der Waals surface area contributed by atoms with E-state index in [2.05, 4.69) is 6.92 Å². The van der Waals surface area contributed by atoms with Crippen LogP contribution in [0.25, 0.3) is 0 Å². The lowest BCUT2D eigenvalue weighted by atomic mass is 9.90. The van der Waals surface area contributed by atoms with E-state index >= 15 is 0 Å². The van der Waals surface area contributed by atoms with Crippen molar-refractivity contribution in [1.82, 2.24) is 0 Å². The van der Waals surface area contributed by atoms with Crippen molar-refractivity contribution in [3.05, 3.63) is 29.8 Å². The lowest BCUT2D eigenvalue weighted by molar-refractivity contribution is 0.262. The van der Waals surface area contributed by atoms with Crippen molar-refractivity contribution >= 4 is 0 Å². The Morgan fingerprint density at radius 3 is 2.79 bits per heavy atom. The molecular formula is C12H16O2. The van der Waals surface area contributed by atoms with Gasteiger partial charge in [-0.1, -0.05) is 19.1 Å². The Balaban J connectivity index is 2.30. The zero-order valence-electron chi connectivity index (χ0n) is 8.40. The van der Waals surface area contributed by atoms with Crippen LogP contribution >= 0.6 is 0 Å². The van der Waals surface area contributed by atoms with E-state index in [0.29, 0.717) is 11.7 Å². The Bertz CT molecular complexity index is 335. The fourth-order valence-electron chi connectivity index (χ4n) is 2.43. The third-order valence-corrected chi connectivity index (χ3v) is 3.50. The highest BCUT2D eigenvalue weighted by molar-refractivity contribution is 5.38. The van der Waals surface area contributed by atoms with E-state index in [9.17, 15) is 5.11 Å². The van der Waals surface area contributed by atoms with Crippen molar-refractivity contribution in [2.24, 2.45) is 5.92 Å². The van der Waals surface area contributed by atoms with Gasteiger partial charge in [-0.3, -0.25) is 0 Å². The topological polar surface area (TPSA) is 40.5 Å². The van der Waals surface area contributed by atoms with E-state index < -0.39 is 0 Å². The molecule has 0 bridgehead atoms. The van der Waals surface area contributed by atoms with Crippen LogP contribution in [0.2, 0.25) is 0 Å². The molecule has 0 aromatic heterocycles. The molecule has 0 radical (unpaired) electrons. The number of benzene rings is 1. The molecule has 0 amide bonds. The molecule has 1 saturated carbocycles. The summed E-state index contributed by atoms with van der Waals surface area (Å²) in [6.07, 6.45) is 2.07. The molecule has 1 aliphatic carbocycles. The van der Waals surface area contributed by atoms with E-state index in [-0.39, 0.29) is 12.0 Å². The molecule has 2 heteroatoms. The average molecular weight is 192 g/mol. The van der Waals surface area contributed by atoms with Gasteiger partial charge in [-0.15, -0.1) is 0 Å². The largest absolute Gasteiger partial charge is 0.508 e. The van der Waals surface area contributed by atoms with Gasteiger partial charge in [-0.2, -0.15) is 0 Å². The van der Waals surface area contributed by atoms with Crippen molar-refractivity contribution in [3.8, 4) is 5.75 Å². The highest BCUT2D eigenvalue weighted by atomic mass is 16.3. The summed E-state index contributed by atoms with van der Waals surface area (Å²) in [6, 6.07) is 7.41. The van der Waals surface area contributed by atoms with Crippen molar-refractivity contribution in [1.29, 1.82) is 0 Å². The summed E-state index contributed by atoms with van der Waals surface area (Å²) in [4.78, 5) is 0. The third kappa shape index (κ3) is 1.30. The second-order valence-corrected chi connectivity index (χ2v) is 4.14. The van der Waals surface area contributed by atoms with Crippen LogP contribution in [0.5, 0.6) is 5.75 Å². The molecule has 14 heavy (non-hydrogen) atoms. The average Bonchev–Trinajstić information content (AvgIpc) is 2.93. The summed E-state index contributed by atoms with van der Waals surface area (Å²) >= 11 is 0. The van der Waals surface area contributed by atoms with Crippen LogP contribution in [-0.4, -0.2) is 16.8 Å². The smallest absolute Gasteiger partial charge is 0.115 e. The molecule has 0 saturated heterocycles. The van der Waals surface area contributed by atoms with Crippen molar-refractivity contribution < 1.29 is 10.2 Å². The van der Waals surface area contributed by atoms with Gasteiger partial charge in [-0.05, 0) is 36.5 Å². The van der Waals surface area contributed by atoms with Gasteiger partial charge in [0.05, 0.1) is 0 Å². The zero-order chi connectivity index (χ0) is 10.2. The van der Waals surface area contributed by atoms with E-state index in [0.717, 1.165) is 12.8 Å². The molecule has 2 N–H and O–H groups in total. The first-order valence-electron chi connectivity index (χ1n) is 5.13. The number of aromatic hydroxyl groups is 1. The zero-order valence-corrected chi connectivity index (χ0v) is 8.40. The molecule has 1 aromatic carbocycles. The Kier molecular flexibility index (Phi) is 2.23. The van der Waals surface area contributed by atoms with Gasteiger partial charge in [0.1, 0.15) is 5.75 Å². The van der Waals surface area contributed by atoms with E-state index in [4.69, 9.17) is 5.11 Å². The molecule has 0 spiro atoms. The second-order valence-electron chi connectivity index (χ2n) is 4.14. The van der Waals surface area contributed by atoms with Gasteiger partial charge in [0.25, 0.3) is 0 Å². The number of rotatable bonds is 3. The first kappa shape index (κ1) is 9.53. The molecule has 1 aromatic rings. The summed E-state index contributed by atoms with van der Waals surface area (Å²) in [5, 5.41) is 18.5. The number of phenols is 1. The maximum absolute atomic E-state index is 9.40. The molecule has 0 aliphatic heterocycles. The van der Waals surface area contributed by atoms with Crippen LogP contribution in [0.15, 0.2) is 24.3 Å². The first-order chi connectivity index (χ1) is 6.73. The van der Waals surface area contributed by atoms with Gasteiger partial charge in [0.2, 0.25) is 0 Å². The predicted octanol–water partition coefficient (Wildman–Crippen LogP) is 2.05. The lowest BCUT2D eigenvalue weighted by Gasteiger charge is -2.15. The summed E-state index contributed by atoms with van der Waals surface area (Å²) in [5.41, 5.74) is 1.30. The Labute approximate surface area is 84.2 Å². The Morgan fingerprint density at radius 1 is 1.50 bits per heavy atom. The van der Waals surface area contributed by atoms with Gasteiger partial charge in [0.15, 0.2) is 0 Å². The van der Waals surface area contributed by atoms with Crippen molar-refractivity contribution in [3.63, 3.8) is 0 Å². The second kappa shape index (κ2) is 3.28. The molecule has 2 atom stereocenters. The minimum atomic E-state index is 0.132. The van der Waals surface area contributed by atoms with Crippen LogP contribution in [0.1, 0.15) is 25.3 Å². The fraction of sp³-hybridized carbons (Fsp3) is 0.500. The van der Waals surface area contributed by atoms with Crippen LogP contribution in [-0.2, 0) is 5.41 Å². The maximum Gasteiger partial charge on any atom is 0.115 e. The third-order valence-electron chi connectivity index (χ3n) is 3.50. The summed E-state index contributed by atoms with van der Waals surface area (Å²) in [6.45, 7) is 2.39. The first-order valence-corrected chi connectivity index (χ1v) is 5.13. The van der Waals surface area contributed by atoms with Gasteiger partial charge < -0.3 is 10.2 Å². The molecule has 2 unspecified atom stereocenters. The normalized spacial score (nSPS) is 30.3. The van der Waals surface area contributed by atoms with Gasteiger partial charge in [-0.25, -0.2) is 0 Å². The highest BCUT2D eigenvalue weighted by Gasteiger charge is 2.53. The molecule has 2 rings (SSSR count). The Morgan fingerprint density at radius 2 is 2.29 bits per heavy atom. The molecule has 1 aliphatic rings. The van der Waals surface area contributed by atoms with Crippen LogP contribution in [0.3, 0.4) is 0 Å². The summed E-state index contributed by atoms with van der Waals surface area (Å²) < 4.78 is 0. The highest BCUT2D eigenvalue weighted by Crippen LogP contribution is 2.56. The van der Waals surface area contributed by atoms with Crippen LogP contribution in [0.4, 0.5) is 0 Å². The minimum absolute atomic E-state index is 0.132. The number of aliphatic hydroxyl groups is 1. The molecule has 1 fully saturated rings. The maximum atomic E-state index is 9.40. The van der Waals surface area contributed by atoms with Crippen LogP contribution in [0, 0.1) is 5.92 Å². The lowest BCUT2D eigenvalue weighted by Crippen LogP contribution is -2.10. The standard InChI is InChI=1S/C12H16O2/c1-2-12(7-10(12)8-13)9-4-3-5-11(14)6-9/h3-6,10,13-14H,2,7-8H2,1H3. The monoisotopic (exact) mass is 192 g/mol. The van der Waals surface area contributed by atoms with Crippen LogP contribution < -0.4 is 0 Å². The Hall–Kier alpha value is -1.02. The number of hydrogen-bond acceptors (Lipinski definition) is 2. The molecule has 2 nitrogen and oxygen atoms in total. The van der Waals surface area contributed by atoms with E-state index in [1.54, 1.807) is 6.07 Å². The predicted molar refractivity (Wildman–Crippen MR) is 55.3 cm³/mol. The van der Waals surface area contributed by atoms with Gasteiger partial charge >= 0.3 is 0 Å². The molecule has 0 heterocycles. The SMILES string of the molecule is CCC1(c2cccc(O)c2)CC1CO. The number of hydrogen-bond donors (Lipinski definition) is 2. The van der Waals surface area contributed by atoms with Gasteiger partial charge in [0, 0.05) is 12.0 Å². The van der Waals surface area contributed by atoms with E-state index in [1.165, 1.54) is 5.56 Å². The van der Waals surface area contributed by atoms with Crippen molar-refractivity contribution in [2.75, 3.05) is 6.61 Å². The quantitative estimate of drug-likeness (QED) is 0.769.